The fourth-order valence-corrected chi connectivity index (χ4v) is 2.96. The number of rotatable bonds is 5. The third-order valence-electron chi connectivity index (χ3n) is 4.34. The number of carbonyl (C=O) groups is 1. The molecule has 0 fully saturated rings. The first-order valence-corrected chi connectivity index (χ1v) is 7.86. The second kappa shape index (κ2) is 6.28. The Kier molecular flexibility index (Phi) is 4.19. The van der Waals surface area contributed by atoms with Crippen molar-refractivity contribution in [3.05, 3.63) is 53.0 Å². The minimum Gasteiger partial charge on any atom is -0.361 e. The van der Waals surface area contributed by atoms with E-state index in [1.807, 2.05) is 49.1 Å². The lowest BCUT2D eigenvalue weighted by molar-refractivity contribution is -0.120. The number of hydrogen-bond donors (Lipinski definition) is 2. The third kappa shape index (κ3) is 3.28. The van der Waals surface area contributed by atoms with E-state index < -0.39 is 0 Å². The molecule has 5 heteroatoms. The van der Waals surface area contributed by atoms with Gasteiger partial charge in [-0.3, -0.25) is 9.48 Å². The molecule has 2 aromatic heterocycles. The van der Waals surface area contributed by atoms with E-state index in [-0.39, 0.29) is 5.91 Å². The summed E-state index contributed by atoms with van der Waals surface area (Å²) in [5, 5.41) is 8.56. The SMILES string of the molecule is Cc1nn(C)c(C)c1CCNC(=O)Cc1ccc2cc[nH]c2c1. The van der Waals surface area contributed by atoms with E-state index in [1.54, 1.807) is 0 Å². The quantitative estimate of drug-likeness (QED) is 0.760. The van der Waals surface area contributed by atoms with Crippen molar-refractivity contribution >= 4 is 16.8 Å². The lowest BCUT2D eigenvalue weighted by atomic mass is 10.1. The smallest absolute Gasteiger partial charge is 0.224 e. The van der Waals surface area contributed by atoms with Gasteiger partial charge >= 0.3 is 0 Å². The summed E-state index contributed by atoms with van der Waals surface area (Å²) in [4.78, 5) is 15.3. The van der Waals surface area contributed by atoms with Gasteiger partial charge in [-0.2, -0.15) is 5.10 Å². The first-order chi connectivity index (χ1) is 11.0. The molecule has 0 spiro atoms. The highest BCUT2D eigenvalue weighted by Gasteiger charge is 2.10. The van der Waals surface area contributed by atoms with Gasteiger partial charge in [-0.1, -0.05) is 12.1 Å². The molecular weight excluding hydrogens is 288 g/mol. The maximum absolute atomic E-state index is 12.1. The number of aryl methyl sites for hydroxylation is 2. The molecule has 0 saturated carbocycles. The maximum Gasteiger partial charge on any atom is 0.224 e. The van der Waals surface area contributed by atoms with Crippen LogP contribution in [0.3, 0.4) is 0 Å². The Morgan fingerprint density at radius 3 is 2.87 bits per heavy atom. The van der Waals surface area contributed by atoms with Gasteiger partial charge in [0.25, 0.3) is 0 Å². The number of aromatic nitrogens is 3. The molecule has 2 N–H and O–H groups in total. The summed E-state index contributed by atoms with van der Waals surface area (Å²) in [5.41, 5.74) is 5.51. The molecule has 1 aromatic carbocycles. The zero-order chi connectivity index (χ0) is 16.4. The molecule has 0 radical (unpaired) electrons. The molecule has 3 aromatic rings. The molecule has 120 valence electrons. The zero-order valence-corrected chi connectivity index (χ0v) is 13.8. The molecule has 0 aliphatic carbocycles. The van der Waals surface area contributed by atoms with Crippen LogP contribution in [0.1, 0.15) is 22.5 Å². The van der Waals surface area contributed by atoms with E-state index in [9.17, 15) is 4.79 Å². The van der Waals surface area contributed by atoms with Crippen LogP contribution in [0, 0.1) is 13.8 Å². The van der Waals surface area contributed by atoms with Crippen LogP contribution < -0.4 is 5.32 Å². The van der Waals surface area contributed by atoms with E-state index >= 15 is 0 Å². The third-order valence-corrected chi connectivity index (χ3v) is 4.34. The summed E-state index contributed by atoms with van der Waals surface area (Å²) in [6, 6.07) is 8.10. The Morgan fingerprint density at radius 2 is 2.13 bits per heavy atom. The van der Waals surface area contributed by atoms with Crippen LogP contribution in [0.2, 0.25) is 0 Å². The summed E-state index contributed by atoms with van der Waals surface area (Å²) in [6.07, 6.45) is 3.12. The van der Waals surface area contributed by atoms with Crippen molar-refractivity contribution in [2.75, 3.05) is 6.54 Å². The number of nitrogens with one attached hydrogen (secondary N) is 2. The number of nitrogens with zero attached hydrogens (tertiary/aromatic N) is 2. The minimum atomic E-state index is 0.0510. The number of aromatic amines is 1. The Hall–Kier alpha value is -2.56. The Bertz CT molecular complexity index is 844. The average molecular weight is 310 g/mol. The van der Waals surface area contributed by atoms with Gasteiger partial charge in [-0.05, 0) is 48.9 Å². The summed E-state index contributed by atoms with van der Waals surface area (Å²) < 4.78 is 1.89. The molecule has 0 aliphatic heterocycles. The second-order valence-corrected chi connectivity index (χ2v) is 5.95. The van der Waals surface area contributed by atoms with Crippen LogP contribution in [-0.4, -0.2) is 27.2 Å². The van der Waals surface area contributed by atoms with Gasteiger partial charge < -0.3 is 10.3 Å². The van der Waals surface area contributed by atoms with E-state index in [1.165, 1.54) is 5.56 Å². The van der Waals surface area contributed by atoms with E-state index in [0.29, 0.717) is 13.0 Å². The number of H-pyrrole nitrogens is 1. The topological polar surface area (TPSA) is 62.7 Å². The van der Waals surface area contributed by atoms with Crippen molar-refractivity contribution in [1.82, 2.24) is 20.1 Å². The summed E-state index contributed by atoms with van der Waals surface area (Å²) in [7, 11) is 1.95. The maximum atomic E-state index is 12.1. The Morgan fingerprint density at radius 1 is 1.30 bits per heavy atom. The van der Waals surface area contributed by atoms with Crippen LogP contribution >= 0.6 is 0 Å². The van der Waals surface area contributed by atoms with Crippen LogP contribution in [0.4, 0.5) is 0 Å². The van der Waals surface area contributed by atoms with Crippen LogP contribution in [0.25, 0.3) is 10.9 Å². The first kappa shape index (κ1) is 15.3. The highest BCUT2D eigenvalue weighted by atomic mass is 16.1. The number of carbonyl (C=O) groups excluding carboxylic acids is 1. The van der Waals surface area contributed by atoms with Gasteiger partial charge in [0.15, 0.2) is 0 Å². The molecule has 0 bridgehead atoms. The fraction of sp³-hybridized carbons (Fsp3) is 0.333. The predicted molar refractivity (Wildman–Crippen MR) is 91.4 cm³/mol. The largest absolute Gasteiger partial charge is 0.361 e. The molecule has 2 heterocycles. The molecule has 0 atom stereocenters. The molecule has 1 amide bonds. The normalized spacial score (nSPS) is 11.1. The molecule has 3 rings (SSSR count). The molecule has 5 nitrogen and oxygen atoms in total. The van der Waals surface area contributed by atoms with Gasteiger partial charge in [0.05, 0.1) is 12.1 Å². The fourth-order valence-electron chi connectivity index (χ4n) is 2.96. The summed E-state index contributed by atoms with van der Waals surface area (Å²) in [6.45, 7) is 4.70. The van der Waals surface area contributed by atoms with Crippen molar-refractivity contribution < 1.29 is 4.79 Å². The molecule has 0 saturated heterocycles. The highest BCUT2D eigenvalue weighted by Crippen LogP contribution is 2.15. The predicted octanol–water partition coefficient (Wildman–Crippen LogP) is 2.42. The number of benzene rings is 1. The van der Waals surface area contributed by atoms with E-state index in [2.05, 4.69) is 22.3 Å². The van der Waals surface area contributed by atoms with Crippen LogP contribution in [0.15, 0.2) is 30.5 Å². The summed E-state index contributed by atoms with van der Waals surface area (Å²) >= 11 is 0. The van der Waals surface area contributed by atoms with Gasteiger partial charge in [-0.25, -0.2) is 0 Å². The molecule has 0 aliphatic rings. The zero-order valence-electron chi connectivity index (χ0n) is 13.8. The number of fused-ring (bicyclic) bond motifs is 1. The van der Waals surface area contributed by atoms with Gasteiger partial charge in [0.1, 0.15) is 0 Å². The van der Waals surface area contributed by atoms with Gasteiger partial charge in [0, 0.05) is 31.0 Å². The van der Waals surface area contributed by atoms with Crippen molar-refractivity contribution in [2.24, 2.45) is 7.05 Å². The Labute approximate surface area is 135 Å². The second-order valence-electron chi connectivity index (χ2n) is 5.95. The monoisotopic (exact) mass is 310 g/mol. The first-order valence-electron chi connectivity index (χ1n) is 7.86. The van der Waals surface area contributed by atoms with Crippen molar-refractivity contribution in [3.63, 3.8) is 0 Å². The number of amides is 1. The molecular formula is C18H22N4O. The van der Waals surface area contributed by atoms with Crippen molar-refractivity contribution in [3.8, 4) is 0 Å². The average Bonchev–Trinajstić information content (AvgIpc) is 3.06. The lowest BCUT2D eigenvalue weighted by Gasteiger charge is -2.06. The highest BCUT2D eigenvalue weighted by molar-refractivity contribution is 5.83. The summed E-state index contributed by atoms with van der Waals surface area (Å²) in [5.74, 6) is 0.0510. The van der Waals surface area contributed by atoms with Gasteiger partial charge in [-0.15, -0.1) is 0 Å². The molecule has 23 heavy (non-hydrogen) atoms. The lowest BCUT2D eigenvalue weighted by Crippen LogP contribution is -2.27. The van der Waals surface area contributed by atoms with Crippen molar-refractivity contribution in [1.29, 1.82) is 0 Å². The Balaban J connectivity index is 1.55. The minimum absolute atomic E-state index is 0.0510. The van der Waals surface area contributed by atoms with E-state index in [4.69, 9.17) is 0 Å². The van der Waals surface area contributed by atoms with Crippen LogP contribution in [-0.2, 0) is 24.7 Å². The van der Waals surface area contributed by atoms with Gasteiger partial charge in [0.2, 0.25) is 5.91 Å². The van der Waals surface area contributed by atoms with Crippen LogP contribution in [0.5, 0.6) is 0 Å². The van der Waals surface area contributed by atoms with E-state index in [0.717, 1.165) is 34.3 Å². The number of hydrogen-bond acceptors (Lipinski definition) is 2. The van der Waals surface area contributed by atoms with Crippen molar-refractivity contribution in [2.45, 2.75) is 26.7 Å². The molecule has 0 unspecified atom stereocenters. The standard InChI is InChI=1S/C18H22N4O/c1-12-16(13(2)22(3)21-12)7-9-20-18(23)11-14-4-5-15-6-8-19-17(15)10-14/h4-6,8,10,19H,7,9,11H2,1-3H3,(H,20,23).